The van der Waals surface area contributed by atoms with Gasteiger partial charge in [0.1, 0.15) is 0 Å². The number of rotatable bonds is 8. The molecule has 0 fully saturated rings. The Morgan fingerprint density at radius 2 is 1.19 bits per heavy atom. The van der Waals surface area contributed by atoms with E-state index in [0.717, 1.165) is 11.1 Å². The summed E-state index contributed by atoms with van der Waals surface area (Å²) in [4.78, 5) is 50.6. The lowest BCUT2D eigenvalue weighted by Gasteiger charge is -2.23. The van der Waals surface area contributed by atoms with Crippen LogP contribution in [0.15, 0.2) is 72.8 Å². The van der Waals surface area contributed by atoms with Crippen LogP contribution in [-0.4, -0.2) is 41.1 Å². The molecule has 0 aliphatic rings. The van der Waals surface area contributed by atoms with E-state index >= 15 is 0 Å². The number of ether oxygens (including phenoxy) is 2. The van der Waals surface area contributed by atoms with Gasteiger partial charge in [-0.05, 0) is 62.4 Å². The molecule has 0 saturated heterocycles. The third-order valence-corrected chi connectivity index (χ3v) is 5.10. The Morgan fingerprint density at radius 1 is 0.750 bits per heavy atom. The van der Waals surface area contributed by atoms with Crippen LogP contribution in [0, 0.1) is 25.2 Å². The largest absolute Gasteiger partial charge is 0.478 e. The number of carbonyl (C=O) groups excluding carboxylic acids is 3. The van der Waals surface area contributed by atoms with Crippen LogP contribution in [0.4, 0.5) is 5.69 Å². The summed E-state index contributed by atoms with van der Waals surface area (Å²) in [6.45, 7) is 3.62. The van der Waals surface area contributed by atoms with Crippen LogP contribution in [0.1, 0.15) is 37.4 Å². The van der Waals surface area contributed by atoms with E-state index < -0.39 is 36.0 Å². The van der Waals surface area contributed by atoms with E-state index in [0.29, 0.717) is 5.56 Å². The first-order valence-electron chi connectivity index (χ1n) is 10.8. The molecule has 2 atom stereocenters. The molecule has 182 valence electrons. The van der Waals surface area contributed by atoms with Gasteiger partial charge in [-0.3, -0.25) is 4.79 Å². The number of amides is 1. The van der Waals surface area contributed by atoms with Crippen LogP contribution in [0.3, 0.4) is 0 Å². The molecule has 0 spiro atoms. The van der Waals surface area contributed by atoms with Crippen molar-refractivity contribution in [2.45, 2.75) is 26.1 Å². The molecule has 0 bridgehead atoms. The van der Waals surface area contributed by atoms with Crippen molar-refractivity contribution < 1.29 is 33.8 Å². The Labute approximate surface area is 206 Å². The number of nitrogens with one attached hydrogen (secondary N) is 1. The zero-order valence-corrected chi connectivity index (χ0v) is 19.4. The van der Waals surface area contributed by atoms with Crippen LogP contribution in [0.5, 0.6) is 0 Å². The highest BCUT2D eigenvalue weighted by atomic mass is 16.6. The lowest BCUT2D eigenvalue weighted by atomic mass is 10.1. The average molecular weight is 486 g/mol. The molecule has 0 radical (unpaired) electrons. The van der Waals surface area contributed by atoms with E-state index in [1.165, 1.54) is 48.5 Å². The summed E-state index contributed by atoms with van der Waals surface area (Å²) in [7, 11) is 0. The Kier molecular flexibility index (Phi) is 8.15. The zero-order chi connectivity index (χ0) is 26.2. The van der Waals surface area contributed by atoms with E-state index in [-0.39, 0.29) is 16.8 Å². The lowest BCUT2D eigenvalue weighted by molar-refractivity contribution is -0.157. The average Bonchev–Trinajstić information content (AvgIpc) is 2.87. The molecule has 3 aromatic rings. The van der Waals surface area contributed by atoms with E-state index in [4.69, 9.17) is 14.7 Å². The number of carbonyl (C=O) groups is 4. The molecule has 9 nitrogen and oxygen atoms in total. The van der Waals surface area contributed by atoms with Gasteiger partial charge in [0.05, 0.1) is 22.8 Å². The molecule has 0 aliphatic heterocycles. The van der Waals surface area contributed by atoms with Crippen molar-refractivity contribution in [2.24, 2.45) is 0 Å². The highest BCUT2D eigenvalue weighted by molar-refractivity contribution is 6.01. The number of carboxylic acid groups (broad SMARTS) is 1. The molecule has 0 aromatic heterocycles. The van der Waals surface area contributed by atoms with Crippen LogP contribution < -0.4 is 5.32 Å². The molecule has 0 aliphatic carbocycles. The van der Waals surface area contributed by atoms with E-state index in [2.05, 4.69) is 5.32 Å². The molecule has 0 unspecified atom stereocenters. The minimum atomic E-state index is -2.15. The number of nitriles is 1. The van der Waals surface area contributed by atoms with Gasteiger partial charge in [0.15, 0.2) is 0 Å². The second-order valence-electron chi connectivity index (χ2n) is 7.90. The predicted molar refractivity (Wildman–Crippen MR) is 128 cm³/mol. The molecule has 3 aromatic carbocycles. The second-order valence-corrected chi connectivity index (χ2v) is 7.90. The molecule has 9 heteroatoms. The van der Waals surface area contributed by atoms with E-state index in [1.807, 2.05) is 19.9 Å². The number of esters is 2. The lowest BCUT2D eigenvalue weighted by Crippen LogP contribution is -2.48. The summed E-state index contributed by atoms with van der Waals surface area (Å²) in [5.41, 5.74) is 2.43. The minimum absolute atomic E-state index is 0.0583. The third kappa shape index (κ3) is 6.55. The Balaban J connectivity index is 1.90. The number of carboxylic acids is 1. The summed E-state index contributed by atoms with van der Waals surface area (Å²) >= 11 is 0. The molecular weight excluding hydrogens is 464 g/mol. The van der Waals surface area contributed by atoms with Crippen LogP contribution in [-0.2, 0) is 19.1 Å². The van der Waals surface area contributed by atoms with Crippen LogP contribution in [0.25, 0.3) is 0 Å². The number of anilines is 1. The van der Waals surface area contributed by atoms with Gasteiger partial charge in [0.2, 0.25) is 12.2 Å². The van der Waals surface area contributed by atoms with Crippen LogP contribution in [0.2, 0.25) is 0 Å². The van der Waals surface area contributed by atoms with Crippen molar-refractivity contribution >= 4 is 29.5 Å². The molecule has 2 N–H and O–H groups in total. The third-order valence-electron chi connectivity index (χ3n) is 5.10. The maximum absolute atomic E-state index is 13.1. The van der Waals surface area contributed by atoms with E-state index in [9.17, 15) is 24.3 Å². The maximum Gasteiger partial charge on any atom is 0.349 e. The standard InChI is InChI=1S/C27H22N2O7/c1-16-3-9-19(10-4-16)26(33)35-22(24(30)29-21-13-7-18(15-28)8-14-21)23(25(31)32)36-27(34)20-11-5-17(2)6-12-20/h3-14,22-23H,1-2H3,(H,29,30)(H,31,32)/t22-,23-/m0/s1. The van der Waals surface area contributed by atoms with Crippen molar-refractivity contribution in [3.05, 3.63) is 101 Å². The summed E-state index contributed by atoms with van der Waals surface area (Å²) < 4.78 is 10.4. The Bertz CT molecular complexity index is 1310. The van der Waals surface area contributed by atoms with Crippen molar-refractivity contribution in [2.75, 3.05) is 5.32 Å². The van der Waals surface area contributed by atoms with Gasteiger partial charge in [0, 0.05) is 5.69 Å². The highest BCUT2D eigenvalue weighted by Gasteiger charge is 2.41. The Morgan fingerprint density at radius 3 is 1.61 bits per heavy atom. The fourth-order valence-electron chi connectivity index (χ4n) is 3.08. The normalized spacial score (nSPS) is 11.9. The van der Waals surface area contributed by atoms with Gasteiger partial charge < -0.3 is 19.9 Å². The highest BCUT2D eigenvalue weighted by Crippen LogP contribution is 2.17. The first-order valence-corrected chi connectivity index (χ1v) is 10.8. The maximum atomic E-state index is 13.1. The predicted octanol–water partition coefficient (Wildman–Crippen LogP) is 3.65. The van der Waals surface area contributed by atoms with Crippen LogP contribution >= 0.6 is 0 Å². The Hall–Kier alpha value is -4.97. The number of hydrogen-bond donors (Lipinski definition) is 2. The smallest absolute Gasteiger partial charge is 0.349 e. The first kappa shape index (κ1) is 25.6. The SMILES string of the molecule is Cc1ccc(C(=O)O[C@H](C(=O)O)[C@H](OC(=O)c2ccc(C)cc2)C(=O)Nc2ccc(C#N)cc2)cc1. The van der Waals surface area contributed by atoms with Gasteiger partial charge >= 0.3 is 17.9 Å². The summed E-state index contributed by atoms with van der Waals surface area (Å²) in [5.74, 6) is -4.71. The molecule has 1 amide bonds. The first-order chi connectivity index (χ1) is 17.2. The van der Waals surface area contributed by atoms with Crippen molar-refractivity contribution in [3.63, 3.8) is 0 Å². The second kappa shape index (κ2) is 11.4. The molecule has 36 heavy (non-hydrogen) atoms. The molecule has 3 rings (SSSR count). The number of hydrogen-bond acceptors (Lipinski definition) is 7. The number of aliphatic carboxylic acids is 1. The minimum Gasteiger partial charge on any atom is -0.478 e. The molecule has 0 saturated carbocycles. The molecular formula is C27H22N2O7. The summed E-state index contributed by atoms with van der Waals surface area (Å²) in [6.07, 6.45) is -4.17. The monoisotopic (exact) mass is 486 g/mol. The van der Waals surface area contributed by atoms with Gasteiger partial charge in [-0.25, -0.2) is 14.4 Å². The van der Waals surface area contributed by atoms with Gasteiger partial charge in [0.25, 0.3) is 5.91 Å². The summed E-state index contributed by atoms with van der Waals surface area (Å²) in [5, 5.41) is 21.2. The topological polar surface area (TPSA) is 143 Å². The van der Waals surface area contributed by atoms with Gasteiger partial charge in [-0.2, -0.15) is 5.26 Å². The number of nitrogens with zero attached hydrogens (tertiary/aromatic N) is 1. The van der Waals surface area contributed by atoms with Gasteiger partial charge in [-0.1, -0.05) is 35.4 Å². The summed E-state index contributed by atoms with van der Waals surface area (Å²) in [6, 6.07) is 20.0. The molecule has 0 heterocycles. The van der Waals surface area contributed by atoms with E-state index in [1.54, 1.807) is 24.3 Å². The fourth-order valence-corrected chi connectivity index (χ4v) is 3.08. The number of aryl methyl sites for hydroxylation is 2. The van der Waals surface area contributed by atoms with Crippen molar-refractivity contribution in [3.8, 4) is 6.07 Å². The number of benzene rings is 3. The zero-order valence-electron chi connectivity index (χ0n) is 19.4. The fraction of sp³-hybridized carbons (Fsp3) is 0.148. The van der Waals surface area contributed by atoms with Crippen molar-refractivity contribution in [1.82, 2.24) is 0 Å². The van der Waals surface area contributed by atoms with Crippen molar-refractivity contribution in [1.29, 1.82) is 5.26 Å². The van der Waals surface area contributed by atoms with Gasteiger partial charge in [-0.15, -0.1) is 0 Å². The quantitative estimate of drug-likeness (QED) is 0.459.